The zero-order valence-corrected chi connectivity index (χ0v) is 13.3. The van der Waals surface area contributed by atoms with Gasteiger partial charge in [0.05, 0.1) is 7.11 Å². The molecule has 0 aliphatic heterocycles. The fourth-order valence-corrected chi connectivity index (χ4v) is 2.12. The second-order valence-electron chi connectivity index (χ2n) is 5.25. The first kappa shape index (κ1) is 15.9. The van der Waals surface area contributed by atoms with Crippen LogP contribution >= 0.6 is 0 Å². The molecule has 116 valence electrons. The molecule has 1 N–H and O–H groups in total. The molecule has 0 saturated carbocycles. The normalized spacial score (nSPS) is 11.6. The third-order valence-corrected chi connectivity index (χ3v) is 3.36. The van der Waals surface area contributed by atoms with Gasteiger partial charge in [0.15, 0.2) is 6.10 Å². The highest BCUT2D eigenvalue weighted by Crippen LogP contribution is 2.21. The number of amides is 1. The third kappa shape index (κ3) is 4.01. The Bertz CT molecular complexity index is 667. The summed E-state index contributed by atoms with van der Waals surface area (Å²) in [5, 5.41) is 2.89. The Labute approximate surface area is 131 Å². The summed E-state index contributed by atoms with van der Waals surface area (Å²) in [6.45, 7) is 5.71. The number of carbonyl (C=O) groups excluding carboxylic acids is 1. The average Bonchev–Trinajstić information content (AvgIpc) is 2.50. The lowest BCUT2D eigenvalue weighted by atomic mass is 10.1. The highest BCUT2D eigenvalue weighted by Gasteiger charge is 2.16. The fraction of sp³-hybridized carbons (Fsp3) is 0.278. The number of anilines is 1. The van der Waals surface area contributed by atoms with Crippen molar-refractivity contribution in [1.29, 1.82) is 0 Å². The van der Waals surface area contributed by atoms with E-state index in [0.717, 1.165) is 16.8 Å². The van der Waals surface area contributed by atoms with Crippen molar-refractivity contribution in [3.05, 3.63) is 53.6 Å². The molecule has 0 radical (unpaired) electrons. The highest BCUT2D eigenvalue weighted by molar-refractivity contribution is 5.94. The van der Waals surface area contributed by atoms with Gasteiger partial charge in [-0.05, 0) is 44.5 Å². The number of hydrogen-bond donors (Lipinski definition) is 1. The molecule has 0 heterocycles. The van der Waals surface area contributed by atoms with Crippen LogP contribution in [-0.2, 0) is 4.79 Å². The minimum absolute atomic E-state index is 0.185. The molecule has 0 saturated heterocycles. The van der Waals surface area contributed by atoms with Gasteiger partial charge in [0.25, 0.3) is 5.91 Å². The molecule has 2 aromatic rings. The Kier molecular flexibility index (Phi) is 5.04. The summed E-state index contributed by atoms with van der Waals surface area (Å²) in [5.41, 5.74) is 3.00. The van der Waals surface area contributed by atoms with Gasteiger partial charge in [-0.15, -0.1) is 0 Å². The first-order valence-corrected chi connectivity index (χ1v) is 7.18. The quantitative estimate of drug-likeness (QED) is 0.915. The molecule has 0 bridgehead atoms. The topological polar surface area (TPSA) is 47.6 Å². The van der Waals surface area contributed by atoms with Crippen molar-refractivity contribution in [3.8, 4) is 11.5 Å². The van der Waals surface area contributed by atoms with Gasteiger partial charge in [0, 0.05) is 11.8 Å². The summed E-state index contributed by atoms with van der Waals surface area (Å²) >= 11 is 0. The number of carbonyl (C=O) groups is 1. The van der Waals surface area contributed by atoms with E-state index in [0.29, 0.717) is 11.5 Å². The minimum Gasteiger partial charge on any atom is -0.497 e. The predicted octanol–water partition coefficient (Wildman–Crippen LogP) is 3.72. The monoisotopic (exact) mass is 299 g/mol. The molecule has 2 aromatic carbocycles. The van der Waals surface area contributed by atoms with Crippen LogP contribution in [0.25, 0.3) is 0 Å². The molecule has 1 amide bonds. The van der Waals surface area contributed by atoms with E-state index in [4.69, 9.17) is 9.47 Å². The van der Waals surface area contributed by atoms with E-state index >= 15 is 0 Å². The first-order chi connectivity index (χ1) is 10.5. The maximum atomic E-state index is 12.2. The fourth-order valence-electron chi connectivity index (χ4n) is 2.12. The van der Waals surface area contributed by atoms with Gasteiger partial charge in [0.2, 0.25) is 0 Å². The van der Waals surface area contributed by atoms with Crippen molar-refractivity contribution in [2.75, 3.05) is 12.4 Å². The van der Waals surface area contributed by atoms with Crippen molar-refractivity contribution in [1.82, 2.24) is 0 Å². The van der Waals surface area contributed by atoms with Crippen LogP contribution < -0.4 is 14.8 Å². The molecule has 0 aliphatic rings. The van der Waals surface area contributed by atoms with Crippen molar-refractivity contribution in [2.45, 2.75) is 26.9 Å². The predicted molar refractivity (Wildman–Crippen MR) is 87.6 cm³/mol. The molecule has 2 rings (SSSR count). The molecule has 1 atom stereocenters. The Hall–Kier alpha value is -2.49. The van der Waals surface area contributed by atoms with Crippen LogP contribution in [-0.4, -0.2) is 19.1 Å². The summed E-state index contributed by atoms with van der Waals surface area (Å²) in [6.07, 6.45) is -0.604. The maximum Gasteiger partial charge on any atom is 0.265 e. The zero-order valence-electron chi connectivity index (χ0n) is 13.3. The molecular weight excluding hydrogens is 278 g/mol. The van der Waals surface area contributed by atoms with Gasteiger partial charge >= 0.3 is 0 Å². The van der Waals surface area contributed by atoms with Crippen LogP contribution in [0.15, 0.2) is 42.5 Å². The largest absolute Gasteiger partial charge is 0.497 e. The average molecular weight is 299 g/mol. The number of nitrogens with one attached hydrogen (secondary N) is 1. The lowest BCUT2D eigenvalue weighted by Crippen LogP contribution is -2.30. The maximum absolute atomic E-state index is 12.2. The number of methoxy groups -OCH3 is 1. The second kappa shape index (κ2) is 6.98. The Balaban J connectivity index is 2.02. The van der Waals surface area contributed by atoms with E-state index in [-0.39, 0.29) is 5.91 Å². The number of rotatable bonds is 5. The summed E-state index contributed by atoms with van der Waals surface area (Å²) in [6, 6.07) is 13.1. The lowest BCUT2D eigenvalue weighted by Gasteiger charge is -2.16. The van der Waals surface area contributed by atoms with Crippen LogP contribution in [0.1, 0.15) is 18.1 Å². The second-order valence-corrected chi connectivity index (χ2v) is 5.25. The zero-order chi connectivity index (χ0) is 16.1. The van der Waals surface area contributed by atoms with E-state index < -0.39 is 6.10 Å². The summed E-state index contributed by atoms with van der Waals surface area (Å²) in [5.74, 6) is 1.11. The standard InChI is InChI=1S/C18H21NO3/c1-12-8-9-17(13(2)10-12)19-18(20)14(3)22-16-7-5-6-15(11-16)21-4/h5-11,14H,1-4H3,(H,19,20)/t14-/m0/s1. The number of hydrogen-bond acceptors (Lipinski definition) is 3. The van der Waals surface area contributed by atoms with Gasteiger partial charge in [-0.2, -0.15) is 0 Å². The summed E-state index contributed by atoms with van der Waals surface area (Å²) < 4.78 is 10.8. The summed E-state index contributed by atoms with van der Waals surface area (Å²) in [4.78, 5) is 12.2. The van der Waals surface area contributed by atoms with Crippen LogP contribution in [0.2, 0.25) is 0 Å². The minimum atomic E-state index is -0.604. The van der Waals surface area contributed by atoms with E-state index in [1.54, 1.807) is 26.2 Å². The van der Waals surface area contributed by atoms with Crippen molar-refractivity contribution in [3.63, 3.8) is 0 Å². The lowest BCUT2D eigenvalue weighted by molar-refractivity contribution is -0.122. The Morgan fingerprint density at radius 2 is 1.82 bits per heavy atom. The molecule has 0 spiro atoms. The molecule has 4 nitrogen and oxygen atoms in total. The van der Waals surface area contributed by atoms with E-state index in [1.807, 2.05) is 44.2 Å². The molecule has 0 unspecified atom stereocenters. The molecule has 4 heteroatoms. The van der Waals surface area contributed by atoms with Gasteiger partial charge in [-0.1, -0.05) is 23.8 Å². The number of aryl methyl sites for hydroxylation is 2. The number of benzene rings is 2. The molecule has 0 aromatic heterocycles. The van der Waals surface area contributed by atoms with Crippen LogP contribution in [0.3, 0.4) is 0 Å². The van der Waals surface area contributed by atoms with Crippen LogP contribution in [0.4, 0.5) is 5.69 Å². The smallest absolute Gasteiger partial charge is 0.265 e. The highest BCUT2D eigenvalue weighted by atomic mass is 16.5. The van der Waals surface area contributed by atoms with Gasteiger partial charge in [-0.25, -0.2) is 0 Å². The molecular formula is C18H21NO3. The van der Waals surface area contributed by atoms with E-state index in [9.17, 15) is 4.79 Å². The van der Waals surface area contributed by atoms with Crippen molar-refractivity contribution in [2.24, 2.45) is 0 Å². The Morgan fingerprint density at radius 3 is 2.50 bits per heavy atom. The van der Waals surface area contributed by atoms with Crippen LogP contribution in [0.5, 0.6) is 11.5 Å². The third-order valence-electron chi connectivity index (χ3n) is 3.36. The Morgan fingerprint density at radius 1 is 1.09 bits per heavy atom. The SMILES string of the molecule is COc1cccc(O[C@@H](C)C(=O)Nc2ccc(C)cc2C)c1. The molecule has 0 aliphatic carbocycles. The molecule has 22 heavy (non-hydrogen) atoms. The van der Waals surface area contributed by atoms with Crippen molar-refractivity contribution >= 4 is 11.6 Å². The van der Waals surface area contributed by atoms with E-state index in [2.05, 4.69) is 5.32 Å². The van der Waals surface area contributed by atoms with Gasteiger partial charge < -0.3 is 14.8 Å². The van der Waals surface area contributed by atoms with Crippen LogP contribution in [0, 0.1) is 13.8 Å². The first-order valence-electron chi connectivity index (χ1n) is 7.18. The van der Waals surface area contributed by atoms with Crippen molar-refractivity contribution < 1.29 is 14.3 Å². The van der Waals surface area contributed by atoms with E-state index in [1.165, 1.54) is 0 Å². The van der Waals surface area contributed by atoms with Gasteiger partial charge in [-0.3, -0.25) is 4.79 Å². The number of ether oxygens (including phenoxy) is 2. The summed E-state index contributed by atoms with van der Waals surface area (Å²) in [7, 11) is 1.59. The molecule has 0 fully saturated rings. The van der Waals surface area contributed by atoms with Gasteiger partial charge in [0.1, 0.15) is 11.5 Å².